The van der Waals surface area contributed by atoms with Crippen LogP contribution in [0.15, 0.2) is 47.1 Å². The number of likely N-dealkylation sites (tertiary alicyclic amines) is 1. The summed E-state index contributed by atoms with van der Waals surface area (Å²) in [4.78, 5) is 22.4. The molecule has 1 fully saturated rings. The number of carboxylic acids is 1. The minimum Gasteiger partial charge on any atom is -0.478 e. The molecule has 7 nitrogen and oxygen atoms in total. The summed E-state index contributed by atoms with van der Waals surface area (Å²) in [7, 11) is 0. The zero-order valence-corrected chi connectivity index (χ0v) is 15.8. The lowest BCUT2D eigenvalue weighted by atomic mass is 9.97. The third-order valence-electron chi connectivity index (χ3n) is 4.89. The summed E-state index contributed by atoms with van der Waals surface area (Å²) in [6, 6.07) is 10.5. The molecule has 0 spiro atoms. The summed E-state index contributed by atoms with van der Waals surface area (Å²) in [5.41, 5.74) is 1.67. The Hall–Kier alpha value is -2.77. The fourth-order valence-electron chi connectivity index (χ4n) is 3.49. The topological polar surface area (TPSA) is 92.3 Å². The molecule has 1 saturated heterocycles. The molecule has 0 aliphatic carbocycles. The predicted octanol–water partition coefficient (Wildman–Crippen LogP) is 3.86. The van der Waals surface area contributed by atoms with Crippen molar-refractivity contribution in [2.45, 2.75) is 25.3 Å². The fourth-order valence-corrected chi connectivity index (χ4v) is 3.61. The molecule has 0 amide bonds. The van der Waals surface area contributed by atoms with E-state index in [0.29, 0.717) is 29.0 Å². The van der Waals surface area contributed by atoms with Gasteiger partial charge in [-0.25, -0.2) is 4.79 Å². The molecule has 1 aliphatic rings. The first-order chi connectivity index (χ1) is 13.6. The van der Waals surface area contributed by atoms with Gasteiger partial charge in [-0.3, -0.25) is 9.88 Å². The van der Waals surface area contributed by atoms with Crippen LogP contribution in [0.4, 0.5) is 0 Å². The van der Waals surface area contributed by atoms with Crippen molar-refractivity contribution < 1.29 is 14.4 Å². The first-order valence-corrected chi connectivity index (χ1v) is 9.47. The molecule has 0 radical (unpaired) electrons. The molecule has 2 aromatic heterocycles. The Labute approximate surface area is 167 Å². The molecule has 3 heterocycles. The lowest BCUT2D eigenvalue weighted by molar-refractivity contribution is 0.0693. The maximum Gasteiger partial charge on any atom is 0.337 e. The molecule has 0 bridgehead atoms. The fraction of sp³-hybridized carbons (Fsp3) is 0.300. The number of rotatable bonds is 5. The van der Waals surface area contributed by atoms with Gasteiger partial charge in [-0.1, -0.05) is 16.8 Å². The number of nitrogens with zero attached hydrogens (tertiary/aromatic N) is 4. The standard InChI is InChI=1S/C20H19ClN4O3/c21-15-7-5-13(6-8-15)18-23-19(28-24-18)14-3-2-10-25(11-14)12-17-16(20(26)27)4-1-9-22-17/h1,4-9,14H,2-3,10-12H2,(H,26,27). The second-order valence-electron chi connectivity index (χ2n) is 6.84. The van der Waals surface area contributed by atoms with Crippen molar-refractivity contribution in [3.05, 3.63) is 64.8 Å². The second-order valence-corrected chi connectivity index (χ2v) is 7.28. The SMILES string of the molecule is O=C(O)c1cccnc1CN1CCCC(c2nc(-c3ccc(Cl)cc3)no2)C1. The van der Waals surface area contributed by atoms with Crippen LogP contribution in [0.3, 0.4) is 0 Å². The van der Waals surface area contributed by atoms with Crippen molar-refractivity contribution in [3.63, 3.8) is 0 Å². The molecule has 1 atom stereocenters. The Morgan fingerprint density at radius 2 is 2.11 bits per heavy atom. The zero-order valence-electron chi connectivity index (χ0n) is 15.1. The summed E-state index contributed by atoms with van der Waals surface area (Å²) in [5, 5.41) is 14.1. The quantitative estimate of drug-likeness (QED) is 0.697. The van der Waals surface area contributed by atoms with Gasteiger partial charge >= 0.3 is 5.97 Å². The number of carbonyl (C=O) groups is 1. The van der Waals surface area contributed by atoms with E-state index in [0.717, 1.165) is 31.5 Å². The van der Waals surface area contributed by atoms with Gasteiger partial charge in [-0.05, 0) is 55.8 Å². The molecular formula is C20H19ClN4O3. The number of hydrogen-bond acceptors (Lipinski definition) is 6. The van der Waals surface area contributed by atoms with Crippen molar-refractivity contribution in [2.24, 2.45) is 0 Å². The number of benzene rings is 1. The maximum atomic E-state index is 11.4. The summed E-state index contributed by atoms with van der Waals surface area (Å²) in [6.45, 7) is 2.08. The molecule has 1 aromatic carbocycles. The number of aromatic carboxylic acids is 1. The van der Waals surface area contributed by atoms with E-state index in [1.165, 1.54) is 0 Å². The van der Waals surface area contributed by atoms with Crippen LogP contribution in [0.25, 0.3) is 11.4 Å². The lowest BCUT2D eigenvalue weighted by Crippen LogP contribution is -2.34. The maximum absolute atomic E-state index is 11.4. The molecule has 4 rings (SSSR count). The van der Waals surface area contributed by atoms with Crippen LogP contribution in [-0.2, 0) is 6.54 Å². The first kappa shape index (κ1) is 18.6. The van der Waals surface area contributed by atoms with E-state index in [2.05, 4.69) is 20.0 Å². The summed E-state index contributed by atoms with van der Waals surface area (Å²) >= 11 is 5.93. The Balaban J connectivity index is 1.47. The Morgan fingerprint density at radius 1 is 1.29 bits per heavy atom. The molecular weight excluding hydrogens is 380 g/mol. The summed E-state index contributed by atoms with van der Waals surface area (Å²) in [6.07, 6.45) is 3.55. The molecule has 3 aromatic rings. The number of pyridine rings is 1. The minimum atomic E-state index is -0.957. The van der Waals surface area contributed by atoms with E-state index in [1.54, 1.807) is 30.5 Å². The zero-order chi connectivity index (χ0) is 19.5. The van der Waals surface area contributed by atoms with Gasteiger partial charge in [-0.2, -0.15) is 4.98 Å². The smallest absolute Gasteiger partial charge is 0.337 e. The highest BCUT2D eigenvalue weighted by Crippen LogP contribution is 2.28. The van der Waals surface area contributed by atoms with E-state index >= 15 is 0 Å². The van der Waals surface area contributed by atoms with Gasteiger partial charge < -0.3 is 9.63 Å². The Morgan fingerprint density at radius 3 is 2.89 bits per heavy atom. The highest BCUT2D eigenvalue weighted by atomic mass is 35.5. The first-order valence-electron chi connectivity index (χ1n) is 9.09. The molecule has 8 heteroatoms. The van der Waals surface area contributed by atoms with Gasteiger partial charge in [0.15, 0.2) is 0 Å². The highest BCUT2D eigenvalue weighted by Gasteiger charge is 2.27. The van der Waals surface area contributed by atoms with E-state index in [1.807, 2.05) is 12.1 Å². The van der Waals surface area contributed by atoms with Crippen LogP contribution in [0.2, 0.25) is 5.02 Å². The largest absolute Gasteiger partial charge is 0.478 e. The highest BCUT2D eigenvalue weighted by molar-refractivity contribution is 6.30. The lowest BCUT2D eigenvalue weighted by Gasteiger charge is -2.30. The van der Waals surface area contributed by atoms with Gasteiger partial charge in [-0.15, -0.1) is 0 Å². The van der Waals surface area contributed by atoms with Crippen LogP contribution in [0.1, 0.15) is 40.7 Å². The van der Waals surface area contributed by atoms with Crippen molar-refractivity contribution in [2.75, 3.05) is 13.1 Å². The van der Waals surface area contributed by atoms with Crippen LogP contribution in [-0.4, -0.2) is 44.2 Å². The summed E-state index contributed by atoms with van der Waals surface area (Å²) < 4.78 is 5.52. The number of piperidine rings is 1. The molecule has 1 unspecified atom stereocenters. The molecule has 1 N–H and O–H groups in total. The van der Waals surface area contributed by atoms with Gasteiger partial charge in [0.05, 0.1) is 17.2 Å². The molecule has 144 valence electrons. The van der Waals surface area contributed by atoms with E-state index < -0.39 is 5.97 Å². The molecule has 28 heavy (non-hydrogen) atoms. The van der Waals surface area contributed by atoms with Crippen LogP contribution < -0.4 is 0 Å². The van der Waals surface area contributed by atoms with E-state index in [-0.39, 0.29) is 11.5 Å². The van der Waals surface area contributed by atoms with Crippen LogP contribution in [0, 0.1) is 0 Å². The van der Waals surface area contributed by atoms with E-state index in [9.17, 15) is 9.90 Å². The average molecular weight is 399 g/mol. The normalized spacial score (nSPS) is 17.5. The summed E-state index contributed by atoms with van der Waals surface area (Å²) in [5.74, 6) is 0.302. The molecule has 0 saturated carbocycles. The minimum absolute atomic E-state index is 0.110. The number of aromatic nitrogens is 3. The van der Waals surface area contributed by atoms with Gasteiger partial charge in [0.1, 0.15) is 0 Å². The monoisotopic (exact) mass is 398 g/mol. The van der Waals surface area contributed by atoms with Crippen LogP contribution >= 0.6 is 11.6 Å². The van der Waals surface area contributed by atoms with Crippen molar-refractivity contribution in [3.8, 4) is 11.4 Å². The van der Waals surface area contributed by atoms with Crippen molar-refractivity contribution >= 4 is 17.6 Å². The average Bonchev–Trinajstić information content (AvgIpc) is 3.19. The van der Waals surface area contributed by atoms with Crippen molar-refractivity contribution in [1.29, 1.82) is 0 Å². The van der Waals surface area contributed by atoms with Crippen LogP contribution in [0.5, 0.6) is 0 Å². The Bertz CT molecular complexity index is 974. The van der Waals surface area contributed by atoms with Gasteiger partial charge in [0.2, 0.25) is 11.7 Å². The number of halogens is 1. The number of hydrogen-bond donors (Lipinski definition) is 1. The third kappa shape index (κ3) is 4.05. The Kier molecular flexibility index (Phi) is 5.36. The van der Waals surface area contributed by atoms with Crippen molar-refractivity contribution in [1.82, 2.24) is 20.0 Å². The third-order valence-corrected chi connectivity index (χ3v) is 5.14. The van der Waals surface area contributed by atoms with Gasteiger partial charge in [0.25, 0.3) is 0 Å². The second kappa shape index (κ2) is 8.08. The van der Waals surface area contributed by atoms with Gasteiger partial charge in [0, 0.05) is 29.9 Å². The predicted molar refractivity (Wildman–Crippen MR) is 103 cm³/mol. The van der Waals surface area contributed by atoms with E-state index in [4.69, 9.17) is 16.1 Å². The number of carboxylic acid groups (broad SMARTS) is 1. The molecule has 1 aliphatic heterocycles.